The molecule has 0 bridgehead atoms. The van der Waals surface area contributed by atoms with Crippen LogP contribution >= 0.6 is 0 Å². The van der Waals surface area contributed by atoms with Crippen LogP contribution in [0.5, 0.6) is 0 Å². The zero-order chi connectivity index (χ0) is 16.4. The summed E-state index contributed by atoms with van der Waals surface area (Å²) in [6, 6.07) is 0. The van der Waals surface area contributed by atoms with E-state index in [1.54, 1.807) is 5.57 Å². The SMILES string of the molecule is CC(=O)[C@H]1[C@H](C)C[C@H]2[C@@H]3CC=C4CCCC[C@]4(C)[C@H]3CC[C@@]21C. The Bertz CT molecular complexity index is 546. The molecule has 0 aromatic heterocycles. The molecule has 0 aromatic carbocycles. The van der Waals surface area contributed by atoms with Gasteiger partial charge in [0.1, 0.15) is 5.78 Å². The van der Waals surface area contributed by atoms with Gasteiger partial charge < -0.3 is 0 Å². The Labute approximate surface area is 142 Å². The second-order valence-electron chi connectivity index (χ2n) is 9.81. The number of Topliss-reactive ketones (excluding diaryl/α,β-unsaturated/α-hetero) is 1. The minimum absolute atomic E-state index is 0.281. The number of hydrogen-bond donors (Lipinski definition) is 0. The van der Waals surface area contributed by atoms with E-state index in [1.807, 2.05) is 6.92 Å². The lowest BCUT2D eigenvalue weighted by Gasteiger charge is -2.57. The maximum Gasteiger partial charge on any atom is 0.133 e. The monoisotopic (exact) mass is 314 g/mol. The molecule has 0 amide bonds. The van der Waals surface area contributed by atoms with Gasteiger partial charge in [-0.1, -0.05) is 38.8 Å². The third-order valence-electron chi connectivity index (χ3n) is 8.80. The minimum Gasteiger partial charge on any atom is -0.300 e. The Morgan fingerprint density at radius 1 is 1.17 bits per heavy atom. The molecule has 23 heavy (non-hydrogen) atoms. The molecule has 0 unspecified atom stereocenters. The molecule has 3 saturated carbocycles. The zero-order valence-electron chi connectivity index (χ0n) is 15.5. The van der Waals surface area contributed by atoms with Gasteiger partial charge in [0.15, 0.2) is 0 Å². The third kappa shape index (κ3) is 2.07. The summed E-state index contributed by atoms with van der Waals surface area (Å²) >= 11 is 0. The summed E-state index contributed by atoms with van der Waals surface area (Å²) in [6.45, 7) is 9.24. The molecule has 4 rings (SSSR count). The minimum atomic E-state index is 0.281. The standard InChI is InChI=1S/C22H34O/c1-14-13-19-17-9-8-16-7-5-6-11-21(16,3)18(17)10-12-22(19,4)20(14)15(2)23/h8,14,17-20H,5-7,9-13H2,1-4H3/t14-,17-,18+,19+,20-,21+,22+/m1/s1. The molecule has 0 N–H and O–H groups in total. The fourth-order valence-corrected chi connectivity index (χ4v) is 7.93. The molecule has 1 heteroatoms. The van der Waals surface area contributed by atoms with E-state index < -0.39 is 0 Å². The highest BCUT2D eigenvalue weighted by Crippen LogP contribution is 2.67. The van der Waals surface area contributed by atoms with E-state index in [9.17, 15) is 4.79 Å². The quantitative estimate of drug-likeness (QED) is 0.560. The molecule has 4 aliphatic carbocycles. The van der Waals surface area contributed by atoms with Crippen molar-refractivity contribution in [2.45, 2.75) is 79.1 Å². The fraction of sp³-hybridized carbons (Fsp3) is 0.864. The van der Waals surface area contributed by atoms with Crippen molar-refractivity contribution in [1.29, 1.82) is 0 Å². The Hall–Kier alpha value is -0.590. The molecule has 4 aliphatic rings. The van der Waals surface area contributed by atoms with Crippen LogP contribution in [0.2, 0.25) is 0 Å². The Balaban J connectivity index is 1.70. The van der Waals surface area contributed by atoms with Gasteiger partial charge in [0, 0.05) is 5.92 Å². The van der Waals surface area contributed by atoms with E-state index in [2.05, 4.69) is 26.8 Å². The van der Waals surface area contributed by atoms with Gasteiger partial charge in [0.2, 0.25) is 0 Å². The molecule has 128 valence electrons. The zero-order valence-corrected chi connectivity index (χ0v) is 15.5. The first kappa shape index (κ1) is 15.9. The average molecular weight is 315 g/mol. The van der Waals surface area contributed by atoms with Crippen molar-refractivity contribution in [3.63, 3.8) is 0 Å². The number of allylic oxidation sites excluding steroid dienone is 2. The molecular formula is C22H34O. The summed E-state index contributed by atoms with van der Waals surface area (Å²) in [4.78, 5) is 12.4. The van der Waals surface area contributed by atoms with Crippen LogP contribution in [-0.4, -0.2) is 5.78 Å². The number of carbonyl (C=O) groups is 1. The lowest BCUT2D eigenvalue weighted by molar-refractivity contribution is -0.128. The maximum absolute atomic E-state index is 12.4. The van der Waals surface area contributed by atoms with Crippen molar-refractivity contribution >= 4 is 5.78 Å². The summed E-state index contributed by atoms with van der Waals surface area (Å²) in [5, 5.41) is 0. The van der Waals surface area contributed by atoms with Crippen molar-refractivity contribution in [2.24, 2.45) is 40.4 Å². The topological polar surface area (TPSA) is 17.1 Å². The summed E-state index contributed by atoms with van der Waals surface area (Å²) < 4.78 is 0. The van der Waals surface area contributed by atoms with Gasteiger partial charge in [0.25, 0.3) is 0 Å². The second kappa shape index (κ2) is 5.20. The van der Waals surface area contributed by atoms with Crippen molar-refractivity contribution in [3.05, 3.63) is 11.6 Å². The Morgan fingerprint density at radius 3 is 2.70 bits per heavy atom. The van der Waals surface area contributed by atoms with E-state index in [4.69, 9.17) is 0 Å². The van der Waals surface area contributed by atoms with E-state index in [0.29, 0.717) is 23.0 Å². The van der Waals surface area contributed by atoms with Crippen molar-refractivity contribution in [2.75, 3.05) is 0 Å². The molecule has 0 aromatic rings. The van der Waals surface area contributed by atoms with Gasteiger partial charge in [-0.05, 0) is 86.4 Å². The van der Waals surface area contributed by atoms with Crippen LogP contribution in [-0.2, 0) is 4.79 Å². The van der Waals surface area contributed by atoms with E-state index in [0.717, 1.165) is 17.8 Å². The van der Waals surface area contributed by atoms with E-state index in [-0.39, 0.29) is 5.41 Å². The van der Waals surface area contributed by atoms with E-state index >= 15 is 0 Å². The number of carbonyl (C=O) groups excluding carboxylic acids is 1. The Kier molecular flexibility index (Phi) is 3.60. The lowest BCUT2D eigenvalue weighted by atomic mass is 9.47. The summed E-state index contributed by atoms with van der Waals surface area (Å²) in [5.74, 6) is 3.87. The second-order valence-corrected chi connectivity index (χ2v) is 9.81. The average Bonchev–Trinajstić information content (AvgIpc) is 2.77. The summed E-state index contributed by atoms with van der Waals surface area (Å²) in [7, 11) is 0. The number of hydrogen-bond acceptors (Lipinski definition) is 1. The Morgan fingerprint density at radius 2 is 1.96 bits per heavy atom. The third-order valence-corrected chi connectivity index (χ3v) is 8.80. The number of rotatable bonds is 1. The molecule has 0 aliphatic heterocycles. The van der Waals surface area contributed by atoms with Crippen LogP contribution in [0.3, 0.4) is 0 Å². The molecule has 0 saturated heterocycles. The van der Waals surface area contributed by atoms with Gasteiger partial charge >= 0.3 is 0 Å². The van der Waals surface area contributed by atoms with Gasteiger partial charge in [-0.3, -0.25) is 4.79 Å². The molecule has 0 heterocycles. The maximum atomic E-state index is 12.4. The molecule has 0 radical (unpaired) electrons. The first-order valence-electron chi connectivity index (χ1n) is 10.1. The molecule has 3 fully saturated rings. The fourth-order valence-electron chi connectivity index (χ4n) is 7.93. The predicted molar refractivity (Wildman–Crippen MR) is 95.0 cm³/mol. The smallest absolute Gasteiger partial charge is 0.133 e. The number of ketones is 1. The highest BCUT2D eigenvalue weighted by atomic mass is 16.1. The van der Waals surface area contributed by atoms with Gasteiger partial charge in [0.05, 0.1) is 0 Å². The van der Waals surface area contributed by atoms with Gasteiger partial charge in [-0.15, -0.1) is 0 Å². The van der Waals surface area contributed by atoms with Gasteiger partial charge in [-0.2, -0.15) is 0 Å². The van der Waals surface area contributed by atoms with Crippen LogP contribution in [0.25, 0.3) is 0 Å². The van der Waals surface area contributed by atoms with Crippen molar-refractivity contribution in [1.82, 2.24) is 0 Å². The number of fused-ring (bicyclic) bond motifs is 5. The highest BCUT2D eigenvalue weighted by Gasteiger charge is 2.60. The van der Waals surface area contributed by atoms with Crippen LogP contribution in [0.15, 0.2) is 11.6 Å². The van der Waals surface area contributed by atoms with Crippen LogP contribution in [0.4, 0.5) is 0 Å². The molecule has 7 atom stereocenters. The van der Waals surface area contributed by atoms with Gasteiger partial charge in [-0.25, -0.2) is 0 Å². The van der Waals surface area contributed by atoms with Crippen molar-refractivity contribution in [3.8, 4) is 0 Å². The molecular weight excluding hydrogens is 280 g/mol. The molecule has 0 spiro atoms. The summed E-state index contributed by atoms with van der Waals surface area (Å²) in [5.41, 5.74) is 2.56. The largest absolute Gasteiger partial charge is 0.300 e. The van der Waals surface area contributed by atoms with E-state index in [1.165, 1.54) is 51.4 Å². The van der Waals surface area contributed by atoms with Crippen LogP contribution < -0.4 is 0 Å². The van der Waals surface area contributed by atoms with Crippen LogP contribution in [0, 0.1) is 40.4 Å². The summed E-state index contributed by atoms with van der Waals surface area (Å²) in [6.07, 6.45) is 13.5. The lowest BCUT2D eigenvalue weighted by Crippen LogP contribution is -2.50. The highest BCUT2D eigenvalue weighted by molar-refractivity contribution is 5.80. The normalized spacial score (nSPS) is 52.2. The first-order chi connectivity index (χ1) is 10.9. The van der Waals surface area contributed by atoms with Crippen LogP contribution in [0.1, 0.15) is 79.1 Å². The first-order valence-corrected chi connectivity index (χ1v) is 10.1. The predicted octanol–water partition coefficient (Wildman–Crippen LogP) is 5.79. The van der Waals surface area contributed by atoms with Crippen molar-refractivity contribution < 1.29 is 4.79 Å². The molecule has 1 nitrogen and oxygen atoms in total.